The van der Waals surface area contributed by atoms with E-state index < -0.39 is 10.0 Å². The molecule has 0 bridgehead atoms. The summed E-state index contributed by atoms with van der Waals surface area (Å²) < 4.78 is 22.9. The van der Waals surface area contributed by atoms with Gasteiger partial charge in [0.05, 0.1) is 24.0 Å². The molecule has 1 aromatic carbocycles. The van der Waals surface area contributed by atoms with Crippen LogP contribution in [0.2, 0.25) is 0 Å². The summed E-state index contributed by atoms with van der Waals surface area (Å²) >= 11 is 0. The van der Waals surface area contributed by atoms with Gasteiger partial charge in [0.15, 0.2) is 0 Å². The van der Waals surface area contributed by atoms with Crippen molar-refractivity contribution in [3.05, 3.63) is 18.2 Å². The summed E-state index contributed by atoms with van der Waals surface area (Å²) in [6.45, 7) is 2.81. The fraction of sp³-hybridized carbons (Fsp3) is 0.500. The molecule has 1 heterocycles. The SMILES string of the molecule is CC1CCN(c2cccc(S(N)(=O)=O)c2N)C1CO. The Labute approximate surface area is 113 Å². The highest BCUT2D eigenvalue weighted by Crippen LogP contribution is 2.35. The lowest BCUT2D eigenvalue weighted by molar-refractivity contribution is 0.245. The molecule has 19 heavy (non-hydrogen) atoms. The molecular weight excluding hydrogens is 266 g/mol. The van der Waals surface area contributed by atoms with Crippen molar-refractivity contribution in [1.29, 1.82) is 0 Å². The van der Waals surface area contributed by atoms with Gasteiger partial charge in [-0.2, -0.15) is 0 Å². The molecule has 1 aliphatic rings. The van der Waals surface area contributed by atoms with Gasteiger partial charge in [-0.15, -0.1) is 0 Å². The number of nitrogens with zero attached hydrogens (tertiary/aromatic N) is 1. The third kappa shape index (κ3) is 2.54. The molecule has 0 amide bonds. The summed E-state index contributed by atoms with van der Waals surface area (Å²) in [7, 11) is -3.84. The van der Waals surface area contributed by atoms with Crippen LogP contribution in [0.4, 0.5) is 11.4 Å². The van der Waals surface area contributed by atoms with Crippen molar-refractivity contribution in [2.45, 2.75) is 24.3 Å². The number of aliphatic hydroxyl groups is 1. The maximum Gasteiger partial charge on any atom is 0.240 e. The Morgan fingerprint density at radius 3 is 2.74 bits per heavy atom. The molecule has 2 unspecified atom stereocenters. The Morgan fingerprint density at radius 2 is 2.16 bits per heavy atom. The van der Waals surface area contributed by atoms with Crippen LogP contribution in [-0.4, -0.2) is 32.7 Å². The molecule has 5 N–H and O–H groups in total. The molecule has 0 radical (unpaired) electrons. The first-order chi connectivity index (χ1) is 8.86. The van der Waals surface area contributed by atoms with Crippen molar-refractivity contribution in [2.75, 3.05) is 23.8 Å². The highest BCUT2D eigenvalue weighted by Gasteiger charge is 2.32. The summed E-state index contributed by atoms with van der Waals surface area (Å²) in [5.74, 6) is 0.336. The van der Waals surface area contributed by atoms with E-state index in [0.717, 1.165) is 13.0 Å². The van der Waals surface area contributed by atoms with E-state index in [-0.39, 0.29) is 23.2 Å². The van der Waals surface area contributed by atoms with Crippen molar-refractivity contribution in [3.8, 4) is 0 Å². The molecule has 1 fully saturated rings. The van der Waals surface area contributed by atoms with Crippen LogP contribution in [0.25, 0.3) is 0 Å². The van der Waals surface area contributed by atoms with Crippen LogP contribution >= 0.6 is 0 Å². The Kier molecular flexibility index (Phi) is 3.71. The van der Waals surface area contributed by atoms with Crippen LogP contribution in [0.15, 0.2) is 23.1 Å². The summed E-state index contributed by atoms with van der Waals surface area (Å²) in [5.41, 5.74) is 6.70. The Morgan fingerprint density at radius 1 is 1.47 bits per heavy atom. The van der Waals surface area contributed by atoms with E-state index in [1.807, 2.05) is 4.90 Å². The van der Waals surface area contributed by atoms with Crippen molar-refractivity contribution < 1.29 is 13.5 Å². The quantitative estimate of drug-likeness (QED) is 0.683. The molecule has 0 aliphatic carbocycles. The number of para-hydroxylation sites is 1. The lowest BCUT2D eigenvalue weighted by atomic mass is 10.0. The minimum atomic E-state index is -3.84. The third-order valence-electron chi connectivity index (χ3n) is 3.73. The molecule has 0 spiro atoms. The standard InChI is InChI=1S/C12H19N3O3S/c1-8-5-6-15(10(8)7-16)9-3-2-4-11(12(9)13)19(14,17)18/h2-4,8,10,16H,5-7,13H2,1H3,(H2,14,17,18). The Balaban J connectivity index is 2.47. The number of hydrogen-bond acceptors (Lipinski definition) is 5. The second-order valence-electron chi connectivity index (χ2n) is 4.94. The summed E-state index contributed by atoms with van der Waals surface area (Å²) in [6, 6.07) is 4.72. The van der Waals surface area contributed by atoms with Gasteiger partial charge in [0.1, 0.15) is 4.90 Å². The summed E-state index contributed by atoms with van der Waals surface area (Å²) in [6.07, 6.45) is 0.935. The Hall–Kier alpha value is -1.31. The van der Waals surface area contributed by atoms with Crippen LogP contribution in [0.1, 0.15) is 13.3 Å². The van der Waals surface area contributed by atoms with Crippen LogP contribution < -0.4 is 15.8 Å². The maximum absolute atomic E-state index is 11.5. The zero-order chi connectivity index (χ0) is 14.2. The van der Waals surface area contributed by atoms with Gasteiger partial charge in [-0.05, 0) is 24.5 Å². The molecule has 106 valence electrons. The first kappa shape index (κ1) is 14.1. The number of anilines is 2. The normalized spacial score (nSPS) is 23.8. The first-order valence-corrected chi connectivity index (χ1v) is 7.69. The number of primary sulfonamides is 1. The van der Waals surface area contributed by atoms with Gasteiger partial charge in [-0.1, -0.05) is 13.0 Å². The zero-order valence-corrected chi connectivity index (χ0v) is 11.6. The van der Waals surface area contributed by atoms with Crippen LogP contribution in [-0.2, 0) is 10.0 Å². The highest BCUT2D eigenvalue weighted by molar-refractivity contribution is 7.89. The lowest BCUT2D eigenvalue weighted by Gasteiger charge is -2.28. The maximum atomic E-state index is 11.5. The third-order valence-corrected chi connectivity index (χ3v) is 4.70. The number of aliphatic hydroxyl groups excluding tert-OH is 1. The highest BCUT2D eigenvalue weighted by atomic mass is 32.2. The molecule has 2 atom stereocenters. The second kappa shape index (κ2) is 4.99. The van der Waals surface area contributed by atoms with Gasteiger partial charge < -0.3 is 15.7 Å². The van der Waals surface area contributed by atoms with Crippen molar-refractivity contribution >= 4 is 21.4 Å². The zero-order valence-electron chi connectivity index (χ0n) is 10.8. The number of sulfonamides is 1. The van der Waals surface area contributed by atoms with E-state index in [0.29, 0.717) is 11.6 Å². The minimum Gasteiger partial charge on any atom is -0.396 e. The number of nitrogen functional groups attached to an aromatic ring is 1. The number of hydrogen-bond donors (Lipinski definition) is 3. The van der Waals surface area contributed by atoms with E-state index in [1.54, 1.807) is 12.1 Å². The Bertz CT molecular complexity index is 574. The van der Waals surface area contributed by atoms with E-state index in [2.05, 4.69) is 6.92 Å². The summed E-state index contributed by atoms with van der Waals surface area (Å²) in [4.78, 5) is 1.88. The van der Waals surface area contributed by atoms with Gasteiger partial charge in [-0.3, -0.25) is 0 Å². The number of rotatable bonds is 3. The van der Waals surface area contributed by atoms with Gasteiger partial charge >= 0.3 is 0 Å². The first-order valence-electron chi connectivity index (χ1n) is 6.15. The predicted octanol–water partition coefficient (Wildman–Crippen LogP) is 0.123. The van der Waals surface area contributed by atoms with Crippen molar-refractivity contribution in [3.63, 3.8) is 0 Å². The van der Waals surface area contributed by atoms with E-state index in [4.69, 9.17) is 10.9 Å². The van der Waals surface area contributed by atoms with Gasteiger partial charge in [0.25, 0.3) is 0 Å². The monoisotopic (exact) mass is 285 g/mol. The lowest BCUT2D eigenvalue weighted by Crippen LogP contribution is -2.35. The van der Waals surface area contributed by atoms with E-state index >= 15 is 0 Å². The molecule has 2 rings (SSSR count). The number of benzene rings is 1. The van der Waals surface area contributed by atoms with Gasteiger partial charge in [0, 0.05) is 6.54 Å². The van der Waals surface area contributed by atoms with Gasteiger partial charge in [-0.25, -0.2) is 13.6 Å². The molecule has 1 saturated heterocycles. The molecule has 1 aliphatic heterocycles. The fourth-order valence-electron chi connectivity index (χ4n) is 2.62. The van der Waals surface area contributed by atoms with E-state index in [1.165, 1.54) is 6.07 Å². The fourth-order valence-corrected chi connectivity index (χ4v) is 3.30. The predicted molar refractivity (Wildman–Crippen MR) is 74.2 cm³/mol. The topological polar surface area (TPSA) is 110 Å². The van der Waals surface area contributed by atoms with Crippen molar-refractivity contribution in [2.24, 2.45) is 11.1 Å². The largest absolute Gasteiger partial charge is 0.396 e. The number of nitrogens with two attached hydrogens (primary N) is 2. The average molecular weight is 285 g/mol. The average Bonchev–Trinajstić information content (AvgIpc) is 2.69. The molecular formula is C12H19N3O3S. The smallest absolute Gasteiger partial charge is 0.240 e. The molecule has 6 nitrogen and oxygen atoms in total. The van der Waals surface area contributed by atoms with Crippen LogP contribution in [0.3, 0.4) is 0 Å². The molecule has 1 aromatic rings. The minimum absolute atomic E-state index is 0.0141. The molecule has 0 aromatic heterocycles. The van der Waals surface area contributed by atoms with Crippen LogP contribution in [0.5, 0.6) is 0 Å². The molecule has 0 saturated carbocycles. The van der Waals surface area contributed by atoms with Gasteiger partial charge in [0.2, 0.25) is 10.0 Å². The second-order valence-corrected chi connectivity index (χ2v) is 6.47. The van der Waals surface area contributed by atoms with Crippen molar-refractivity contribution in [1.82, 2.24) is 0 Å². The molecule has 7 heteroatoms. The van der Waals surface area contributed by atoms with Crippen LogP contribution in [0, 0.1) is 5.92 Å². The summed E-state index contributed by atoms with van der Waals surface area (Å²) in [5, 5.41) is 14.6. The van der Waals surface area contributed by atoms with E-state index in [9.17, 15) is 13.5 Å².